The topological polar surface area (TPSA) is 301 Å². The number of hydroxylamine groups is 2. The third-order valence-electron chi connectivity index (χ3n) is 8.93. The van der Waals surface area contributed by atoms with Crippen LogP contribution in [0, 0.1) is 0 Å². The van der Waals surface area contributed by atoms with Gasteiger partial charge in [-0.15, -0.1) is 0 Å². The van der Waals surface area contributed by atoms with Crippen LogP contribution in [0.1, 0.15) is 182 Å². The fourth-order valence-electron chi connectivity index (χ4n) is 5.68. The molecule has 0 saturated carbocycles. The van der Waals surface area contributed by atoms with Crippen molar-refractivity contribution in [3.05, 3.63) is 11.5 Å². The van der Waals surface area contributed by atoms with Gasteiger partial charge in [-0.3, -0.25) is 22.6 Å². The molecule has 0 aromatic heterocycles. The van der Waals surface area contributed by atoms with Gasteiger partial charge in [0, 0.05) is 0 Å². The molecule has 1 heterocycles. The molecule has 0 saturated heterocycles. The van der Waals surface area contributed by atoms with Gasteiger partial charge in [0.25, 0.3) is 0 Å². The second kappa shape index (κ2) is 35.9. The summed E-state index contributed by atoms with van der Waals surface area (Å²) in [5.41, 5.74) is -1.10. The number of hydrogen-bond donors (Lipinski definition) is 6. The molecule has 0 aromatic rings. The number of carbonyl (C=O) groups is 1. The van der Waals surface area contributed by atoms with Crippen molar-refractivity contribution in [3.63, 3.8) is 0 Å². The maximum absolute atomic E-state index is 14.0. The van der Waals surface area contributed by atoms with Gasteiger partial charge in [0.15, 0.2) is 11.5 Å². The Hall–Kier alpha value is -0.236. The van der Waals surface area contributed by atoms with Crippen LogP contribution in [0.4, 0.5) is 0 Å². The molecule has 1 aliphatic rings. The Morgan fingerprint density at radius 1 is 0.548 bits per heavy atom. The molecule has 368 valence electrons. The monoisotopic (exact) mass is 1010 g/mol. The molecular weight excluding hydrogens is 938 g/mol. The Morgan fingerprint density at radius 3 is 1.18 bits per heavy atom. The van der Waals surface area contributed by atoms with Gasteiger partial charge < -0.3 is 20.0 Å². The fourth-order valence-corrected chi connectivity index (χ4v) is 11.1. The van der Waals surface area contributed by atoms with Crippen LogP contribution < -0.4 is 0 Å². The summed E-state index contributed by atoms with van der Waals surface area (Å²) in [6.07, 6.45) is 17.2. The van der Waals surface area contributed by atoms with Gasteiger partial charge in [-0.05, 0) is 25.7 Å². The Morgan fingerprint density at radius 2 is 0.839 bits per heavy atom. The van der Waals surface area contributed by atoms with E-state index in [1.54, 1.807) is 0 Å². The molecule has 0 aliphatic carbocycles. The number of aliphatic carboxylic acids is 1. The SMILES string of the molecule is CCCCCCCCOP(=O)(O)OP(=O)(OCCCCCCCC)OC1C(O)=C(C(=O)O)N1OP(=O)(OCCCCCCCC)OP(=O)(O)OCCCCCCCC.[O]=[Ti]([OH])[OH]. The van der Waals surface area contributed by atoms with Crippen LogP contribution in [0.15, 0.2) is 11.5 Å². The summed E-state index contributed by atoms with van der Waals surface area (Å²) in [6, 6.07) is 0. The summed E-state index contributed by atoms with van der Waals surface area (Å²) in [4.78, 5) is 33.2. The van der Waals surface area contributed by atoms with E-state index in [0.29, 0.717) is 51.4 Å². The van der Waals surface area contributed by atoms with Crippen LogP contribution in [0.3, 0.4) is 0 Å². The molecule has 26 heteroatoms. The molecule has 1 aliphatic heterocycles. The van der Waals surface area contributed by atoms with Crippen LogP contribution in [0.2, 0.25) is 0 Å². The van der Waals surface area contributed by atoms with Crippen LogP contribution in [0.25, 0.3) is 0 Å². The van der Waals surface area contributed by atoms with Crippen molar-refractivity contribution in [1.82, 2.24) is 5.06 Å². The first-order chi connectivity index (χ1) is 29.3. The molecule has 0 fully saturated rings. The summed E-state index contributed by atoms with van der Waals surface area (Å²) in [5, 5.41) is 20.7. The number of nitrogens with zero attached hydrogens (tertiary/aromatic N) is 1. The summed E-state index contributed by atoms with van der Waals surface area (Å²) in [5.74, 6) is -3.00. The van der Waals surface area contributed by atoms with E-state index in [9.17, 15) is 43.1 Å². The first-order valence-corrected chi connectivity index (χ1v) is 29.9. The maximum atomic E-state index is 14.0. The number of carboxylic acids is 1. The number of carboxylic acid groups (broad SMARTS) is 1. The van der Waals surface area contributed by atoms with Crippen LogP contribution in [-0.4, -0.2) is 71.1 Å². The Balaban J connectivity index is 0.00000888. The van der Waals surface area contributed by atoms with E-state index in [0.717, 1.165) is 103 Å². The Bertz CT molecular complexity index is 1450. The van der Waals surface area contributed by atoms with Gasteiger partial charge in [0.05, 0.1) is 26.4 Å². The molecule has 0 amide bonds. The van der Waals surface area contributed by atoms with E-state index in [-0.39, 0.29) is 31.5 Å². The first-order valence-electron chi connectivity index (χ1n) is 21.9. The van der Waals surface area contributed by atoms with Crippen LogP contribution >= 0.6 is 31.3 Å². The summed E-state index contributed by atoms with van der Waals surface area (Å²) >= 11 is -3.58. The van der Waals surface area contributed by atoms with Gasteiger partial charge >= 0.3 is 66.6 Å². The minimum absolute atomic E-state index is 0.122. The third kappa shape index (κ3) is 30.9. The average Bonchev–Trinajstić information content (AvgIpc) is 3.17. The minimum atomic E-state index is -5.31. The second-order valence-electron chi connectivity index (χ2n) is 14.6. The molecule has 5 unspecified atom stereocenters. The number of phosphoric ester groups is 3. The van der Waals surface area contributed by atoms with Crippen molar-refractivity contribution in [3.8, 4) is 0 Å². The summed E-state index contributed by atoms with van der Waals surface area (Å²) in [7, 11) is -20.9. The van der Waals surface area contributed by atoms with Crippen LogP contribution in [-0.2, 0) is 80.9 Å². The van der Waals surface area contributed by atoms with Gasteiger partial charge in [0.2, 0.25) is 6.23 Å². The molecule has 0 aromatic carbocycles. The van der Waals surface area contributed by atoms with Crippen molar-refractivity contribution >= 4 is 37.3 Å². The molecule has 21 nitrogen and oxygen atoms in total. The number of hydrogen-bond acceptors (Lipinski definition) is 16. The molecule has 6 N–H and O–H groups in total. The molecule has 5 atom stereocenters. The summed E-state index contributed by atoms with van der Waals surface area (Å²) < 4.78 is 118. The van der Waals surface area contributed by atoms with Gasteiger partial charge in [-0.2, -0.15) is 18.3 Å². The van der Waals surface area contributed by atoms with Crippen LogP contribution in [0.5, 0.6) is 0 Å². The van der Waals surface area contributed by atoms with Crippen molar-refractivity contribution < 1.29 is 108 Å². The molecular formula is C36H75NO20P4Ti. The van der Waals surface area contributed by atoms with Crippen molar-refractivity contribution in [2.24, 2.45) is 0 Å². The van der Waals surface area contributed by atoms with E-state index < -0.39 is 73.6 Å². The zero-order valence-electron chi connectivity index (χ0n) is 37.0. The number of unbranched alkanes of at least 4 members (excludes halogenated alkanes) is 20. The van der Waals surface area contributed by atoms with E-state index in [1.165, 1.54) is 0 Å². The predicted molar refractivity (Wildman–Crippen MR) is 225 cm³/mol. The molecule has 62 heavy (non-hydrogen) atoms. The van der Waals surface area contributed by atoms with E-state index in [2.05, 4.69) is 27.7 Å². The third-order valence-corrected chi connectivity index (χ3v) is 15.0. The predicted octanol–water partition coefficient (Wildman–Crippen LogP) is 11.2. The Labute approximate surface area is 375 Å². The molecule has 0 spiro atoms. The normalized spacial score (nSPS) is 17.9. The van der Waals surface area contributed by atoms with Gasteiger partial charge in [-0.25, -0.2) is 23.1 Å². The zero-order chi connectivity index (χ0) is 46.9. The second-order valence-corrected chi connectivity index (χ2v) is 21.8. The van der Waals surface area contributed by atoms with Crippen molar-refractivity contribution in [1.29, 1.82) is 0 Å². The average molecular weight is 1010 g/mol. The number of aliphatic hydroxyl groups is 1. The number of aliphatic hydroxyl groups excluding tert-OH is 1. The zero-order valence-corrected chi connectivity index (χ0v) is 42.2. The number of rotatable bonds is 41. The standard InChI is InChI=1S/C36H73NO17P4.2H2O.O.Ti/c1-5-9-13-17-21-25-29-47-55(41,42)53-57(45,49-31-27-23-19-15-11-7-3)51-35-34(38)33(36(39)40)37(35)52-58(46,50-32-28-24-20-16-12-8-4)54-56(43,44)48-30-26-22-18-14-10-6-2;;;;/h35,38H,5-32H2,1-4H3,(H,39,40)(H,41,42)(H,43,44);2*1H2;;/q;;;;+2/p-2. The Kier molecular flexibility index (Phi) is 35.8. The summed E-state index contributed by atoms with van der Waals surface area (Å²) in [6.45, 7) is 7.14. The molecule has 0 bridgehead atoms. The first kappa shape index (κ1) is 61.8. The van der Waals surface area contributed by atoms with E-state index >= 15 is 0 Å². The van der Waals surface area contributed by atoms with Crippen molar-refractivity contribution in [2.75, 3.05) is 26.4 Å². The fraction of sp³-hybridized carbons (Fsp3) is 0.917. The quantitative estimate of drug-likeness (QED) is 0.0188. The molecule has 1 rings (SSSR count). The van der Waals surface area contributed by atoms with E-state index in [1.807, 2.05) is 0 Å². The van der Waals surface area contributed by atoms with Crippen molar-refractivity contribution in [2.45, 2.75) is 188 Å². The molecule has 0 radical (unpaired) electrons. The number of phosphoric acid groups is 4. The van der Waals surface area contributed by atoms with E-state index in [4.69, 9.17) is 46.6 Å². The van der Waals surface area contributed by atoms with Gasteiger partial charge in [-0.1, -0.05) is 156 Å². The van der Waals surface area contributed by atoms with Gasteiger partial charge in [0.1, 0.15) is 0 Å².